The van der Waals surface area contributed by atoms with Gasteiger partial charge in [-0.25, -0.2) is 12.8 Å². The number of aryl methyl sites for hydroxylation is 1. The van der Waals surface area contributed by atoms with Gasteiger partial charge in [0.2, 0.25) is 10.0 Å². The Balaban J connectivity index is 1.98. The van der Waals surface area contributed by atoms with Gasteiger partial charge in [-0.2, -0.15) is 4.31 Å². The highest BCUT2D eigenvalue weighted by Gasteiger charge is 2.23. The Morgan fingerprint density at radius 1 is 1.06 bits per heavy atom. The van der Waals surface area contributed by atoms with Gasteiger partial charge in [-0.1, -0.05) is 26.0 Å². The molecule has 2 heterocycles. The zero-order chi connectivity index (χ0) is 23.6. The van der Waals surface area contributed by atoms with Crippen molar-refractivity contribution in [1.82, 2.24) is 13.4 Å². The fraction of sp³-hybridized carbons (Fsp3) is 0.304. The highest BCUT2D eigenvalue weighted by Crippen LogP contribution is 2.23. The number of aromatic nitrogens is 2. The normalized spacial score (nSPS) is 11.8. The van der Waals surface area contributed by atoms with Crippen molar-refractivity contribution in [3.05, 3.63) is 81.8 Å². The van der Waals surface area contributed by atoms with Gasteiger partial charge in [-0.05, 0) is 38.1 Å². The van der Waals surface area contributed by atoms with Crippen molar-refractivity contribution in [2.45, 2.75) is 39.1 Å². The van der Waals surface area contributed by atoms with Crippen LogP contribution in [0.15, 0.2) is 58.4 Å². The van der Waals surface area contributed by atoms with E-state index >= 15 is 0 Å². The highest BCUT2D eigenvalue weighted by atomic mass is 32.2. The second kappa shape index (κ2) is 9.22. The fourth-order valence-electron chi connectivity index (χ4n) is 3.79. The number of hydrogen-bond acceptors (Lipinski definition) is 4. The van der Waals surface area contributed by atoms with Crippen LogP contribution in [0.5, 0.6) is 0 Å². The average molecular weight is 460 g/mol. The maximum absolute atomic E-state index is 14.3. The van der Waals surface area contributed by atoms with E-state index in [1.54, 1.807) is 56.5 Å². The molecule has 0 N–H and O–H groups in total. The van der Waals surface area contributed by atoms with E-state index in [1.165, 1.54) is 22.6 Å². The van der Waals surface area contributed by atoms with Gasteiger partial charge in [-0.3, -0.25) is 9.59 Å². The van der Waals surface area contributed by atoms with Crippen molar-refractivity contribution >= 4 is 15.8 Å². The summed E-state index contributed by atoms with van der Waals surface area (Å²) in [7, 11) is -3.78. The molecule has 32 heavy (non-hydrogen) atoms. The molecule has 3 rings (SSSR count). The first kappa shape index (κ1) is 23.6. The minimum Gasteiger partial charge on any atom is -0.315 e. The molecule has 9 heteroatoms. The summed E-state index contributed by atoms with van der Waals surface area (Å²) in [6.07, 6.45) is 1.20. The number of carbonyl (C=O) groups is 1. The minimum absolute atomic E-state index is 0.0505. The van der Waals surface area contributed by atoms with Gasteiger partial charge < -0.3 is 9.13 Å². The number of pyridine rings is 1. The summed E-state index contributed by atoms with van der Waals surface area (Å²) >= 11 is 0. The van der Waals surface area contributed by atoms with Crippen LogP contribution in [-0.2, 0) is 16.6 Å². The van der Waals surface area contributed by atoms with Crippen LogP contribution < -0.4 is 5.56 Å². The number of halogens is 1. The molecule has 0 spiro atoms. The maximum Gasteiger partial charge on any atom is 0.251 e. The van der Waals surface area contributed by atoms with Crippen molar-refractivity contribution in [3.8, 4) is 5.69 Å². The molecular formula is C23H26FN3O4S. The van der Waals surface area contributed by atoms with Crippen molar-refractivity contribution in [3.63, 3.8) is 0 Å². The Kier molecular flexibility index (Phi) is 6.80. The number of Topliss-reactive ketones (excluding diaryl/α,β-unsaturated/α-hetero) is 1. The second-order valence-corrected chi connectivity index (χ2v) is 9.35. The van der Waals surface area contributed by atoms with Crippen molar-refractivity contribution in [2.75, 3.05) is 13.1 Å². The zero-order valence-electron chi connectivity index (χ0n) is 18.5. The summed E-state index contributed by atoms with van der Waals surface area (Å²) in [6, 6.07) is 10.3. The number of hydrogen-bond donors (Lipinski definition) is 0. The summed E-state index contributed by atoms with van der Waals surface area (Å²) in [5.74, 6) is -0.793. The third-order valence-electron chi connectivity index (χ3n) is 5.44. The molecule has 0 radical (unpaired) electrons. The van der Waals surface area contributed by atoms with Crippen molar-refractivity contribution in [2.24, 2.45) is 0 Å². The number of benzene rings is 1. The maximum atomic E-state index is 14.3. The Morgan fingerprint density at radius 3 is 2.34 bits per heavy atom. The van der Waals surface area contributed by atoms with Gasteiger partial charge in [-0.15, -0.1) is 0 Å². The van der Waals surface area contributed by atoms with Crippen LogP contribution in [0.25, 0.3) is 5.69 Å². The smallest absolute Gasteiger partial charge is 0.251 e. The molecule has 0 fully saturated rings. The predicted molar refractivity (Wildman–Crippen MR) is 120 cm³/mol. The summed E-state index contributed by atoms with van der Waals surface area (Å²) in [5.41, 5.74) is 1.39. The standard InChI is InChI=1S/C23H26FN3O4S/c1-5-26(6-2)32(30,31)18-11-12-23(29)25(14-18)15-22(28)19-13-16(3)27(17(19)4)21-10-8-7-9-20(21)24/h7-14H,5-6,15H2,1-4H3. The fourth-order valence-corrected chi connectivity index (χ4v) is 5.27. The molecule has 2 aromatic heterocycles. The van der Waals surface area contributed by atoms with Gasteiger partial charge >= 0.3 is 0 Å². The van der Waals surface area contributed by atoms with E-state index in [0.717, 1.165) is 10.6 Å². The molecular weight excluding hydrogens is 433 g/mol. The summed E-state index contributed by atoms with van der Waals surface area (Å²) in [6.45, 7) is 7.17. The molecule has 0 saturated heterocycles. The number of para-hydroxylation sites is 1. The number of rotatable bonds is 8. The van der Waals surface area contributed by atoms with Gasteiger partial charge in [0.25, 0.3) is 5.56 Å². The Hall–Kier alpha value is -3.04. The molecule has 1 aromatic carbocycles. The van der Waals surface area contributed by atoms with Gasteiger partial charge in [0.15, 0.2) is 5.78 Å². The number of nitrogens with zero attached hydrogens (tertiary/aromatic N) is 3. The third-order valence-corrected chi connectivity index (χ3v) is 7.47. The Labute approximate surface area is 186 Å². The minimum atomic E-state index is -3.78. The number of carbonyl (C=O) groups excluding carboxylic acids is 1. The monoisotopic (exact) mass is 459 g/mol. The van der Waals surface area contributed by atoms with Crippen LogP contribution in [0.2, 0.25) is 0 Å². The molecule has 3 aromatic rings. The van der Waals surface area contributed by atoms with Crippen LogP contribution >= 0.6 is 0 Å². The van der Waals surface area contributed by atoms with Gasteiger partial charge in [0.05, 0.1) is 17.1 Å². The molecule has 0 aliphatic heterocycles. The summed E-state index contributed by atoms with van der Waals surface area (Å²) < 4.78 is 43.9. The van der Waals surface area contributed by atoms with E-state index < -0.39 is 21.4 Å². The lowest BCUT2D eigenvalue weighted by molar-refractivity contribution is 0.0970. The molecule has 0 atom stereocenters. The lowest BCUT2D eigenvalue weighted by Crippen LogP contribution is -2.32. The molecule has 7 nitrogen and oxygen atoms in total. The lowest BCUT2D eigenvalue weighted by atomic mass is 10.1. The first-order chi connectivity index (χ1) is 15.1. The first-order valence-corrected chi connectivity index (χ1v) is 11.7. The van der Waals surface area contributed by atoms with Crippen LogP contribution in [0.3, 0.4) is 0 Å². The van der Waals surface area contributed by atoms with Crippen LogP contribution in [-0.4, -0.2) is 40.7 Å². The van der Waals surface area contributed by atoms with Crippen LogP contribution in [0.1, 0.15) is 35.6 Å². The topological polar surface area (TPSA) is 81.4 Å². The van der Waals surface area contributed by atoms with E-state index in [4.69, 9.17) is 0 Å². The average Bonchev–Trinajstić information content (AvgIpc) is 3.04. The second-order valence-electron chi connectivity index (χ2n) is 7.42. The van der Waals surface area contributed by atoms with Crippen LogP contribution in [0, 0.1) is 19.7 Å². The van der Waals surface area contributed by atoms with E-state index in [9.17, 15) is 22.4 Å². The molecule has 0 bridgehead atoms. The molecule has 0 amide bonds. The molecule has 0 saturated carbocycles. The number of ketones is 1. The van der Waals surface area contributed by atoms with Gasteiger partial charge in [0.1, 0.15) is 5.82 Å². The van der Waals surface area contributed by atoms with E-state index in [2.05, 4.69) is 0 Å². The Bertz CT molecular complexity index is 1320. The lowest BCUT2D eigenvalue weighted by Gasteiger charge is -2.19. The quantitative estimate of drug-likeness (QED) is 0.484. The summed E-state index contributed by atoms with van der Waals surface area (Å²) in [4.78, 5) is 25.3. The van der Waals surface area contributed by atoms with Gasteiger partial charge in [0, 0.05) is 42.3 Å². The first-order valence-electron chi connectivity index (χ1n) is 10.3. The number of sulfonamides is 1. The largest absolute Gasteiger partial charge is 0.315 e. The van der Waals surface area contributed by atoms with E-state index in [0.29, 0.717) is 35.7 Å². The zero-order valence-corrected chi connectivity index (χ0v) is 19.3. The van der Waals surface area contributed by atoms with E-state index in [-0.39, 0.29) is 17.2 Å². The summed E-state index contributed by atoms with van der Waals surface area (Å²) in [5, 5.41) is 0. The molecule has 0 unspecified atom stereocenters. The highest BCUT2D eigenvalue weighted by molar-refractivity contribution is 7.89. The molecule has 0 aliphatic carbocycles. The Morgan fingerprint density at radius 2 is 1.72 bits per heavy atom. The molecule has 0 aliphatic rings. The van der Waals surface area contributed by atoms with E-state index in [1.807, 2.05) is 0 Å². The SMILES string of the molecule is CCN(CC)S(=O)(=O)c1ccc(=O)n(CC(=O)c2cc(C)n(-c3ccccc3F)c2C)c1. The van der Waals surface area contributed by atoms with Crippen LogP contribution in [0.4, 0.5) is 4.39 Å². The van der Waals surface area contributed by atoms with Crippen molar-refractivity contribution < 1.29 is 17.6 Å². The predicted octanol–water partition coefficient (Wildman–Crippen LogP) is 3.31. The van der Waals surface area contributed by atoms with Crippen molar-refractivity contribution in [1.29, 1.82) is 0 Å². The third kappa shape index (κ3) is 4.31. The molecule has 170 valence electrons.